The van der Waals surface area contributed by atoms with Crippen LogP contribution in [0.1, 0.15) is 0 Å². The predicted molar refractivity (Wildman–Crippen MR) is 67.1 cm³/mol. The molecule has 2 heterocycles. The van der Waals surface area contributed by atoms with Crippen LogP contribution >= 0.6 is 0 Å². The second-order valence-electron chi connectivity index (χ2n) is 4.21. The van der Waals surface area contributed by atoms with Crippen LogP contribution in [0.5, 0.6) is 11.5 Å². The molecule has 0 radical (unpaired) electrons. The Morgan fingerprint density at radius 2 is 1.67 bits per heavy atom. The Hall–Kier alpha value is -2.56. The van der Waals surface area contributed by atoms with Crippen molar-refractivity contribution in [1.82, 2.24) is 14.1 Å². The molecule has 0 spiro atoms. The number of phenols is 1. The van der Waals surface area contributed by atoms with E-state index in [-0.39, 0.29) is 5.75 Å². The number of nitrogens with zero attached hydrogens (tertiary/aromatic N) is 3. The number of fused-ring (bicyclic) bond motifs is 4. The summed E-state index contributed by atoms with van der Waals surface area (Å²) in [6.45, 7) is 0. The maximum Gasteiger partial charge on any atom is 0.146 e. The van der Waals surface area contributed by atoms with Gasteiger partial charge in [0, 0.05) is 6.07 Å². The molecule has 0 aliphatic rings. The van der Waals surface area contributed by atoms with Gasteiger partial charge in [0.2, 0.25) is 0 Å². The van der Waals surface area contributed by atoms with Gasteiger partial charge in [-0.25, -0.2) is 0 Å². The molecule has 5 heteroatoms. The molecule has 2 aromatic heterocycles. The first-order valence-corrected chi connectivity index (χ1v) is 5.67. The van der Waals surface area contributed by atoms with Crippen molar-refractivity contribution in [3.05, 3.63) is 42.5 Å². The zero-order chi connectivity index (χ0) is 12.3. The SMILES string of the molecule is COc1ccc(-n2n3c4ccccc4n23)c(O)c1. The van der Waals surface area contributed by atoms with E-state index in [1.54, 1.807) is 13.2 Å². The van der Waals surface area contributed by atoms with Crippen LogP contribution in [0.15, 0.2) is 42.5 Å². The summed E-state index contributed by atoms with van der Waals surface area (Å²) in [5.74, 6) is 0.850. The van der Waals surface area contributed by atoms with Gasteiger partial charge in [-0.15, -0.1) is 14.1 Å². The zero-order valence-electron chi connectivity index (χ0n) is 9.74. The molecule has 90 valence electrons. The highest BCUT2D eigenvalue weighted by Gasteiger charge is 2.24. The largest absolute Gasteiger partial charge is 0.505 e. The maximum atomic E-state index is 10.0. The van der Waals surface area contributed by atoms with Crippen molar-refractivity contribution in [3.8, 4) is 17.2 Å². The number of hydrogen-bond donors (Lipinski definition) is 1. The number of benzene rings is 2. The van der Waals surface area contributed by atoms with E-state index in [9.17, 15) is 5.11 Å². The van der Waals surface area contributed by atoms with Gasteiger partial charge >= 0.3 is 0 Å². The van der Waals surface area contributed by atoms with Crippen molar-refractivity contribution >= 4 is 11.0 Å². The molecular weight excluding hydrogens is 230 g/mol. The highest BCUT2D eigenvalue weighted by Crippen LogP contribution is 2.32. The number of rotatable bonds is 2. The van der Waals surface area contributed by atoms with Crippen LogP contribution in [0.2, 0.25) is 0 Å². The van der Waals surface area contributed by atoms with Crippen LogP contribution in [0.3, 0.4) is 0 Å². The first kappa shape index (κ1) is 9.47. The van der Waals surface area contributed by atoms with Crippen LogP contribution in [0.25, 0.3) is 16.7 Å². The van der Waals surface area contributed by atoms with Gasteiger partial charge in [-0.2, -0.15) is 0 Å². The number of aromatic hydroxyl groups is 1. The summed E-state index contributed by atoms with van der Waals surface area (Å²) in [7, 11) is 1.58. The van der Waals surface area contributed by atoms with E-state index in [0.717, 1.165) is 16.7 Å². The number of phenolic OH excluding ortho intramolecular Hbond substituents is 1. The highest BCUT2D eigenvalue weighted by atomic mass is 16.5. The summed E-state index contributed by atoms with van der Waals surface area (Å²) in [6, 6.07) is 13.4. The lowest BCUT2D eigenvalue weighted by Crippen LogP contribution is -1.88. The fourth-order valence-electron chi connectivity index (χ4n) is 2.30. The van der Waals surface area contributed by atoms with Gasteiger partial charge in [0.25, 0.3) is 0 Å². The molecule has 4 aromatic rings. The van der Waals surface area contributed by atoms with Crippen molar-refractivity contribution in [2.75, 3.05) is 7.11 Å². The highest BCUT2D eigenvalue weighted by molar-refractivity contribution is 5.79. The number of aromatic nitrogens is 3. The van der Waals surface area contributed by atoms with Gasteiger partial charge in [0.05, 0.1) is 7.11 Å². The summed E-state index contributed by atoms with van der Waals surface area (Å²) in [6.07, 6.45) is 0. The summed E-state index contributed by atoms with van der Waals surface area (Å²) in [4.78, 5) is 1.92. The quantitative estimate of drug-likeness (QED) is 0.584. The molecule has 4 rings (SSSR count). The second-order valence-corrected chi connectivity index (χ2v) is 4.21. The number of methoxy groups -OCH3 is 1. The summed E-state index contributed by atoms with van der Waals surface area (Å²) in [5.41, 5.74) is 3.03. The minimum Gasteiger partial charge on any atom is -0.505 e. The molecule has 5 nitrogen and oxygen atoms in total. The van der Waals surface area contributed by atoms with Gasteiger partial charge < -0.3 is 9.84 Å². The molecule has 0 saturated heterocycles. The van der Waals surface area contributed by atoms with Crippen LogP contribution in [0, 0.1) is 0 Å². The maximum absolute atomic E-state index is 10.0. The Balaban J connectivity index is 1.90. The number of para-hydroxylation sites is 2. The molecule has 0 unspecified atom stereocenters. The van der Waals surface area contributed by atoms with Crippen molar-refractivity contribution < 1.29 is 9.84 Å². The molecule has 18 heavy (non-hydrogen) atoms. The van der Waals surface area contributed by atoms with E-state index >= 15 is 0 Å². The number of hydrogen-bond acceptors (Lipinski definition) is 2. The smallest absolute Gasteiger partial charge is 0.146 e. The fourth-order valence-corrected chi connectivity index (χ4v) is 2.30. The first-order valence-electron chi connectivity index (χ1n) is 5.67. The van der Waals surface area contributed by atoms with E-state index < -0.39 is 0 Å². The Labute approximate surface area is 102 Å². The molecule has 0 saturated carbocycles. The van der Waals surface area contributed by atoms with E-state index in [1.807, 2.05) is 50.5 Å². The first-order chi connectivity index (χ1) is 8.81. The minimum atomic E-state index is 0.203. The minimum absolute atomic E-state index is 0.203. The van der Waals surface area contributed by atoms with Crippen molar-refractivity contribution in [2.45, 2.75) is 0 Å². The topological polar surface area (TPSA) is 43.2 Å². The molecule has 0 bridgehead atoms. The molecule has 0 aliphatic heterocycles. The van der Waals surface area contributed by atoms with Gasteiger partial charge in [-0.1, -0.05) is 12.1 Å². The molecule has 2 aromatic carbocycles. The lowest BCUT2D eigenvalue weighted by molar-refractivity contribution is 0.407. The average Bonchev–Trinajstić information content (AvgIpc) is 3.04. The van der Waals surface area contributed by atoms with Crippen LogP contribution in [-0.4, -0.2) is 26.3 Å². The monoisotopic (exact) mass is 241 g/mol. The Kier molecular flexibility index (Phi) is 1.58. The molecule has 0 amide bonds. The van der Waals surface area contributed by atoms with Crippen molar-refractivity contribution in [1.29, 1.82) is 0 Å². The van der Waals surface area contributed by atoms with E-state index in [1.165, 1.54) is 0 Å². The Bertz CT molecular complexity index is 795. The fraction of sp³-hybridized carbons (Fsp3) is 0.0769. The zero-order valence-corrected chi connectivity index (χ0v) is 9.74. The third-order valence-electron chi connectivity index (χ3n) is 3.22. The average molecular weight is 241 g/mol. The molecule has 0 atom stereocenters. The van der Waals surface area contributed by atoms with Crippen LogP contribution < -0.4 is 4.74 Å². The second kappa shape index (κ2) is 3.01. The van der Waals surface area contributed by atoms with Crippen LogP contribution in [0.4, 0.5) is 0 Å². The summed E-state index contributed by atoms with van der Waals surface area (Å²) in [5, 5.41) is 10.0. The molecule has 0 aliphatic carbocycles. The predicted octanol–water partition coefficient (Wildman–Crippen LogP) is 2.13. The number of ether oxygens (including phenoxy) is 1. The van der Waals surface area contributed by atoms with Crippen molar-refractivity contribution in [2.24, 2.45) is 0 Å². The molecule has 1 N–H and O–H groups in total. The molecular formula is C13H11N3O2. The Morgan fingerprint density at radius 1 is 1.00 bits per heavy atom. The van der Waals surface area contributed by atoms with Crippen LogP contribution in [-0.2, 0) is 0 Å². The molecule has 0 fully saturated rings. The van der Waals surface area contributed by atoms with Crippen molar-refractivity contribution in [3.63, 3.8) is 0 Å². The van der Waals surface area contributed by atoms with Gasteiger partial charge in [-0.3, -0.25) is 0 Å². The summed E-state index contributed by atoms with van der Waals surface area (Å²) < 4.78 is 9.07. The van der Waals surface area contributed by atoms with E-state index in [0.29, 0.717) is 5.75 Å². The van der Waals surface area contributed by atoms with E-state index in [2.05, 4.69) is 0 Å². The Morgan fingerprint density at radius 3 is 2.22 bits per heavy atom. The third kappa shape index (κ3) is 1.01. The normalized spacial score (nSPS) is 11.8. The standard InChI is InChI=1S/C13H11N3O2/c1-18-9-6-7-12(13(17)8-9)16-14-10-4-2-3-5-11(10)15(14)16/h2-8,17H,1H3. The summed E-state index contributed by atoms with van der Waals surface area (Å²) >= 11 is 0. The van der Waals surface area contributed by atoms with Gasteiger partial charge in [0.15, 0.2) is 0 Å². The lowest BCUT2D eigenvalue weighted by Gasteiger charge is -2.02. The van der Waals surface area contributed by atoms with Gasteiger partial charge in [0.1, 0.15) is 28.2 Å². The van der Waals surface area contributed by atoms with Gasteiger partial charge in [-0.05, 0) is 24.3 Å². The third-order valence-corrected chi connectivity index (χ3v) is 3.22. The lowest BCUT2D eigenvalue weighted by atomic mass is 10.3. The van der Waals surface area contributed by atoms with E-state index in [4.69, 9.17) is 4.74 Å².